The highest BCUT2D eigenvalue weighted by atomic mass is 19.1. The average Bonchev–Trinajstić information content (AvgIpc) is 2.37. The van der Waals surface area contributed by atoms with Gasteiger partial charge in [0.25, 0.3) is 5.69 Å². The molecule has 0 amide bonds. The molecule has 0 spiro atoms. The van der Waals surface area contributed by atoms with Gasteiger partial charge in [0.05, 0.1) is 24.7 Å². The van der Waals surface area contributed by atoms with Gasteiger partial charge >= 0.3 is 0 Å². The minimum atomic E-state index is -0.522. The molecule has 106 valence electrons. The van der Waals surface area contributed by atoms with Crippen LogP contribution >= 0.6 is 0 Å². The quantitative estimate of drug-likeness (QED) is 0.419. The van der Waals surface area contributed by atoms with Crippen LogP contribution in [-0.4, -0.2) is 38.4 Å². The molecule has 0 aliphatic carbocycles. The summed E-state index contributed by atoms with van der Waals surface area (Å²) in [6.45, 7) is 2.24. The van der Waals surface area contributed by atoms with Gasteiger partial charge in [-0.1, -0.05) is 0 Å². The summed E-state index contributed by atoms with van der Waals surface area (Å²) in [5.74, 6) is -0.487. The molecule has 0 saturated carbocycles. The van der Waals surface area contributed by atoms with Crippen molar-refractivity contribution in [3.05, 3.63) is 39.7 Å². The van der Waals surface area contributed by atoms with E-state index in [1.165, 1.54) is 6.07 Å². The molecule has 1 aromatic carbocycles. The lowest BCUT2D eigenvalue weighted by Crippen LogP contribution is -2.20. The third-order valence-corrected chi connectivity index (χ3v) is 2.41. The molecule has 1 rings (SSSR count). The maximum Gasteiger partial charge on any atom is 0.274 e. The number of benzene rings is 1. The van der Waals surface area contributed by atoms with Crippen LogP contribution in [0, 0.1) is 15.9 Å². The molecule has 7 heteroatoms. The SMILES string of the molecule is COCCOCCNCc1cc(F)ccc1[N+](=O)[O-]. The second-order valence-corrected chi connectivity index (χ2v) is 3.81. The summed E-state index contributed by atoms with van der Waals surface area (Å²) in [7, 11) is 1.59. The zero-order valence-electron chi connectivity index (χ0n) is 10.7. The van der Waals surface area contributed by atoms with E-state index in [2.05, 4.69) is 5.32 Å². The van der Waals surface area contributed by atoms with Crippen molar-refractivity contribution in [3.8, 4) is 0 Å². The van der Waals surface area contributed by atoms with Crippen molar-refractivity contribution in [3.63, 3.8) is 0 Å². The molecule has 0 aliphatic heterocycles. The molecule has 0 radical (unpaired) electrons. The second-order valence-electron chi connectivity index (χ2n) is 3.81. The van der Waals surface area contributed by atoms with Gasteiger partial charge in [-0.15, -0.1) is 0 Å². The molecule has 0 saturated heterocycles. The van der Waals surface area contributed by atoms with Crippen LogP contribution in [0.25, 0.3) is 0 Å². The Morgan fingerprint density at radius 2 is 2.16 bits per heavy atom. The van der Waals surface area contributed by atoms with E-state index in [0.717, 1.165) is 12.1 Å². The molecule has 0 heterocycles. The van der Waals surface area contributed by atoms with Crippen molar-refractivity contribution in [1.82, 2.24) is 5.32 Å². The Labute approximate surface area is 110 Å². The highest BCUT2D eigenvalue weighted by Crippen LogP contribution is 2.19. The van der Waals surface area contributed by atoms with E-state index in [4.69, 9.17) is 9.47 Å². The van der Waals surface area contributed by atoms with Gasteiger partial charge in [0.15, 0.2) is 0 Å². The van der Waals surface area contributed by atoms with Crippen molar-refractivity contribution >= 4 is 5.69 Å². The first kappa shape index (κ1) is 15.5. The first-order valence-corrected chi connectivity index (χ1v) is 5.85. The second kappa shape index (κ2) is 8.52. The number of hydrogen-bond donors (Lipinski definition) is 1. The molecular formula is C12H17FN2O4. The Morgan fingerprint density at radius 3 is 2.84 bits per heavy atom. The van der Waals surface area contributed by atoms with Gasteiger partial charge in [0.1, 0.15) is 5.82 Å². The Kier molecular flexibility index (Phi) is 6.94. The van der Waals surface area contributed by atoms with Crippen LogP contribution in [0.4, 0.5) is 10.1 Å². The molecule has 1 aromatic rings. The third kappa shape index (κ3) is 5.73. The van der Waals surface area contributed by atoms with Crippen LogP contribution in [-0.2, 0) is 16.0 Å². The molecule has 0 fully saturated rings. The Balaban J connectivity index is 2.36. The summed E-state index contributed by atoms with van der Waals surface area (Å²) in [5.41, 5.74) is 0.232. The Hall–Kier alpha value is -1.57. The van der Waals surface area contributed by atoms with Crippen molar-refractivity contribution in [1.29, 1.82) is 0 Å². The smallest absolute Gasteiger partial charge is 0.274 e. The van der Waals surface area contributed by atoms with Crippen LogP contribution in [0.15, 0.2) is 18.2 Å². The average molecular weight is 272 g/mol. The number of rotatable bonds is 9. The largest absolute Gasteiger partial charge is 0.382 e. The minimum Gasteiger partial charge on any atom is -0.382 e. The fourth-order valence-corrected chi connectivity index (χ4v) is 1.49. The lowest BCUT2D eigenvalue weighted by Gasteiger charge is -2.06. The maximum absolute atomic E-state index is 13.0. The summed E-state index contributed by atoms with van der Waals surface area (Å²) in [6, 6.07) is 3.41. The molecule has 19 heavy (non-hydrogen) atoms. The number of nitro groups is 1. The third-order valence-electron chi connectivity index (χ3n) is 2.41. The van der Waals surface area contributed by atoms with Crippen molar-refractivity contribution in [2.24, 2.45) is 0 Å². The number of nitrogens with zero attached hydrogens (tertiary/aromatic N) is 1. The molecule has 6 nitrogen and oxygen atoms in total. The molecule has 0 unspecified atom stereocenters. The number of nitrogens with one attached hydrogen (secondary N) is 1. The molecular weight excluding hydrogens is 255 g/mol. The zero-order valence-corrected chi connectivity index (χ0v) is 10.7. The molecule has 0 aliphatic rings. The van der Waals surface area contributed by atoms with E-state index in [1.807, 2.05) is 0 Å². The fourth-order valence-electron chi connectivity index (χ4n) is 1.49. The Bertz CT molecular complexity index is 415. The summed E-state index contributed by atoms with van der Waals surface area (Å²) in [4.78, 5) is 10.2. The first-order valence-electron chi connectivity index (χ1n) is 5.85. The topological polar surface area (TPSA) is 73.6 Å². The van der Waals surface area contributed by atoms with Gasteiger partial charge < -0.3 is 14.8 Å². The maximum atomic E-state index is 13.0. The number of ether oxygens (including phenoxy) is 2. The van der Waals surface area contributed by atoms with Crippen LogP contribution in [0.1, 0.15) is 5.56 Å². The van der Waals surface area contributed by atoms with Gasteiger partial charge in [-0.3, -0.25) is 10.1 Å². The highest BCUT2D eigenvalue weighted by Gasteiger charge is 2.13. The molecule has 0 atom stereocenters. The standard InChI is InChI=1S/C12H17FN2O4/c1-18-6-7-19-5-4-14-9-10-8-11(13)2-3-12(10)15(16)17/h2-3,8,14H,4-7,9H2,1H3. The van der Waals surface area contributed by atoms with Gasteiger partial charge in [-0.25, -0.2) is 4.39 Å². The van der Waals surface area contributed by atoms with E-state index in [0.29, 0.717) is 31.9 Å². The van der Waals surface area contributed by atoms with Gasteiger partial charge in [-0.05, 0) is 12.1 Å². The van der Waals surface area contributed by atoms with E-state index < -0.39 is 10.7 Å². The molecule has 0 bridgehead atoms. The number of nitro benzene ring substituents is 1. The molecule has 0 aromatic heterocycles. The highest BCUT2D eigenvalue weighted by molar-refractivity contribution is 5.40. The number of halogens is 1. The monoisotopic (exact) mass is 272 g/mol. The summed E-state index contributed by atoms with van der Waals surface area (Å²) in [6.07, 6.45) is 0. The zero-order chi connectivity index (χ0) is 14.1. The van der Waals surface area contributed by atoms with Gasteiger partial charge in [0.2, 0.25) is 0 Å². The minimum absolute atomic E-state index is 0.0887. The van der Waals surface area contributed by atoms with Crippen molar-refractivity contribution in [2.75, 3.05) is 33.5 Å². The van der Waals surface area contributed by atoms with Crippen molar-refractivity contribution < 1.29 is 18.8 Å². The fraction of sp³-hybridized carbons (Fsp3) is 0.500. The predicted molar refractivity (Wildman–Crippen MR) is 67.5 cm³/mol. The van der Waals surface area contributed by atoms with Gasteiger partial charge in [-0.2, -0.15) is 0 Å². The normalized spacial score (nSPS) is 10.6. The van der Waals surface area contributed by atoms with E-state index in [9.17, 15) is 14.5 Å². The molecule has 1 N–H and O–H groups in total. The van der Waals surface area contributed by atoms with Crippen LogP contribution in [0.2, 0.25) is 0 Å². The number of methoxy groups -OCH3 is 1. The van der Waals surface area contributed by atoms with Crippen LogP contribution in [0.3, 0.4) is 0 Å². The summed E-state index contributed by atoms with van der Waals surface area (Å²) < 4.78 is 23.1. The van der Waals surface area contributed by atoms with E-state index in [1.54, 1.807) is 7.11 Å². The van der Waals surface area contributed by atoms with E-state index >= 15 is 0 Å². The first-order chi connectivity index (χ1) is 9.15. The summed E-state index contributed by atoms with van der Waals surface area (Å²) >= 11 is 0. The van der Waals surface area contributed by atoms with Crippen molar-refractivity contribution in [2.45, 2.75) is 6.54 Å². The lowest BCUT2D eigenvalue weighted by atomic mass is 10.1. The Morgan fingerprint density at radius 1 is 1.37 bits per heavy atom. The van der Waals surface area contributed by atoms with Crippen LogP contribution < -0.4 is 5.32 Å². The van der Waals surface area contributed by atoms with E-state index in [-0.39, 0.29) is 12.2 Å². The summed E-state index contributed by atoms with van der Waals surface area (Å²) in [5, 5.41) is 13.7. The van der Waals surface area contributed by atoms with Crippen LogP contribution in [0.5, 0.6) is 0 Å². The number of hydrogen-bond acceptors (Lipinski definition) is 5. The van der Waals surface area contributed by atoms with Gasteiger partial charge in [0, 0.05) is 31.8 Å². The predicted octanol–water partition coefficient (Wildman–Crippen LogP) is 1.49. The lowest BCUT2D eigenvalue weighted by molar-refractivity contribution is -0.385.